The zero-order valence-corrected chi connectivity index (χ0v) is 13.1. The second-order valence-corrected chi connectivity index (χ2v) is 5.52. The van der Waals surface area contributed by atoms with E-state index in [1.807, 2.05) is 0 Å². The third-order valence-electron chi connectivity index (χ3n) is 2.88. The second-order valence-electron chi connectivity index (χ2n) is 4.66. The minimum absolute atomic E-state index is 0.0245. The molecule has 2 heterocycles. The van der Waals surface area contributed by atoms with E-state index >= 15 is 0 Å². The average Bonchev–Trinajstić information content (AvgIpc) is 3.07. The van der Waals surface area contributed by atoms with Crippen molar-refractivity contribution in [2.75, 3.05) is 11.9 Å². The van der Waals surface area contributed by atoms with Gasteiger partial charge in [0.2, 0.25) is 5.91 Å². The zero-order valence-electron chi connectivity index (χ0n) is 12.3. The number of anilines is 1. The first-order valence-electron chi connectivity index (χ1n) is 6.74. The number of carboxylic acids is 1. The molecule has 122 valence electrons. The van der Waals surface area contributed by atoms with Gasteiger partial charge >= 0.3 is 5.97 Å². The summed E-state index contributed by atoms with van der Waals surface area (Å²) < 4.78 is 5.06. The Balaban J connectivity index is 1.86. The van der Waals surface area contributed by atoms with Gasteiger partial charge in [-0.2, -0.15) is 0 Å². The van der Waals surface area contributed by atoms with Gasteiger partial charge in [-0.1, -0.05) is 0 Å². The summed E-state index contributed by atoms with van der Waals surface area (Å²) in [5.41, 5.74) is 0.926. The van der Waals surface area contributed by atoms with Crippen molar-refractivity contribution in [1.82, 2.24) is 10.3 Å². The maximum atomic E-state index is 12.0. The van der Waals surface area contributed by atoms with Crippen LogP contribution in [0.1, 0.15) is 28.2 Å². The molecule has 0 radical (unpaired) electrons. The highest BCUT2D eigenvalue weighted by Crippen LogP contribution is 2.18. The fourth-order valence-corrected chi connectivity index (χ4v) is 2.47. The van der Waals surface area contributed by atoms with Gasteiger partial charge in [-0.25, -0.2) is 4.98 Å². The lowest BCUT2D eigenvalue weighted by molar-refractivity contribution is -0.136. The molecule has 2 rings (SSSR count). The number of aliphatic carboxylic acids is 1. The first-order valence-corrected chi connectivity index (χ1v) is 7.62. The summed E-state index contributed by atoms with van der Waals surface area (Å²) in [6.07, 6.45) is 1.32. The van der Waals surface area contributed by atoms with E-state index in [4.69, 9.17) is 9.52 Å². The highest BCUT2D eigenvalue weighted by Gasteiger charge is 2.14. The number of carbonyl (C=O) groups excluding carboxylic acids is 2. The van der Waals surface area contributed by atoms with Gasteiger partial charge in [0.05, 0.1) is 30.4 Å². The summed E-state index contributed by atoms with van der Waals surface area (Å²) in [7, 11) is 0. The molecule has 0 aliphatic heterocycles. The molecule has 8 nitrogen and oxygen atoms in total. The van der Waals surface area contributed by atoms with Crippen LogP contribution in [0, 0.1) is 6.92 Å². The molecule has 0 fully saturated rings. The van der Waals surface area contributed by atoms with Gasteiger partial charge in [-0.05, 0) is 13.0 Å². The molecule has 0 bridgehead atoms. The number of hydrogen-bond acceptors (Lipinski definition) is 6. The molecule has 0 saturated carbocycles. The second kappa shape index (κ2) is 7.54. The third-order valence-corrected chi connectivity index (χ3v) is 3.68. The molecule has 0 aromatic carbocycles. The van der Waals surface area contributed by atoms with Crippen LogP contribution < -0.4 is 10.6 Å². The van der Waals surface area contributed by atoms with Crippen molar-refractivity contribution >= 4 is 34.3 Å². The molecule has 0 aliphatic rings. The van der Waals surface area contributed by atoms with E-state index in [1.165, 1.54) is 17.6 Å². The standard InChI is InChI=1S/C14H15N3O5S/c1-8-10(3-5-22-8)13(21)17-14-16-9(7-23-14)6-11(18)15-4-2-12(19)20/h3,5,7H,2,4,6H2,1H3,(H,15,18)(H,19,20)(H,16,17,21). The van der Waals surface area contributed by atoms with Crippen LogP contribution in [-0.4, -0.2) is 34.4 Å². The third kappa shape index (κ3) is 4.92. The molecule has 0 atom stereocenters. The van der Waals surface area contributed by atoms with E-state index < -0.39 is 5.97 Å². The molecule has 2 aromatic heterocycles. The van der Waals surface area contributed by atoms with Gasteiger partial charge in [0.25, 0.3) is 5.91 Å². The number of rotatable bonds is 7. The largest absolute Gasteiger partial charge is 0.481 e. The Hall–Kier alpha value is -2.68. The summed E-state index contributed by atoms with van der Waals surface area (Å²) in [5, 5.41) is 15.7. The van der Waals surface area contributed by atoms with Crippen molar-refractivity contribution in [2.24, 2.45) is 0 Å². The molecule has 0 spiro atoms. The molecule has 0 aliphatic carbocycles. The van der Waals surface area contributed by atoms with Crippen molar-refractivity contribution in [3.05, 3.63) is 34.7 Å². The summed E-state index contributed by atoms with van der Waals surface area (Å²) in [6, 6.07) is 1.56. The maximum absolute atomic E-state index is 12.0. The van der Waals surface area contributed by atoms with Crippen molar-refractivity contribution in [1.29, 1.82) is 0 Å². The number of amides is 2. The smallest absolute Gasteiger partial charge is 0.305 e. The number of nitrogens with zero attached hydrogens (tertiary/aromatic N) is 1. The van der Waals surface area contributed by atoms with Gasteiger partial charge in [0.1, 0.15) is 5.76 Å². The minimum Gasteiger partial charge on any atom is -0.481 e. The molecular formula is C14H15N3O5S. The number of hydrogen-bond donors (Lipinski definition) is 3. The lowest BCUT2D eigenvalue weighted by Crippen LogP contribution is -2.27. The molecule has 3 N–H and O–H groups in total. The van der Waals surface area contributed by atoms with Crippen LogP contribution in [-0.2, 0) is 16.0 Å². The van der Waals surface area contributed by atoms with Crippen molar-refractivity contribution < 1.29 is 23.9 Å². The van der Waals surface area contributed by atoms with Gasteiger partial charge in [0.15, 0.2) is 5.13 Å². The quantitative estimate of drug-likeness (QED) is 0.702. The number of nitrogens with one attached hydrogen (secondary N) is 2. The van der Waals surface area contributed by atoms with E-state index in [9.17, 15) is 14.4 Å². The normalized spacial score (nSPS) is 10.3. The summed E-state index contributed by atoms with van der Waals surface area (Å²) in [6.45, 7) is 1.76. The van der Waals surface area contributed by atoms with E-state index in [-0.39, 0.29) is 31.2 Å². The topological polar surface area (TPSA) is 122 Å². The lowest BCUT2D eigenvalue weighted by Gasteiger charge is -2.01. The van der Waals surface area contributed by atoms with Gasteiger partial charge in [-0.15, -0.1) is 11.3 Å². The Morgan fingerprint density at radius 2 is 2.17 bits per heavy atom. The minimum atomic E-state index is -0.974. The molecule has 0 unspecified atom stereocenters. The van der Waals surface area contributed by atoms with E-state index in [0.29, 0.717) is 22.1 Å². The lowest BCUT2D eigenvalue weighted by atomic mass is 10.2. The molecule has 9 heteroatoms. The van der Waals surface area contributed by atoms with E-state index in [0.717, 1.165) is 0 Å². The van der Waals surface area contributed by atoms with E-state index in [2.05, 4.69) is 15.6 Å². The summed E-state index contributed by atoms with van der Waals surface area (Å²) >= 11 is 1.20. The Labute approximate surface area is 135 Å². The van der Waals surface area contributed by atoms with Crippen LogP contribution in [0.25, 0.3) is 0 Å². The van der Waals surface area contributed by atoms with Crippen LogP contribution in [0.3, 0.4) is 0 Å². The highest BCUT2D eigenvalue weighted by molar-refractivity contribution is 7.14. The van der Waals surface area contributed by atoms with Gasteiger partial charge in [0, 0.05) is 11.9 Å². The number of carboxylic acid groups (broad SMARTS) is 1. The van der Waals surface area contributed by atoms with Crippen molar-refractivity contribution in [2.45, 2.75) is 19.8 Å². The van der Waals surface area contributed by atoms with Crippen LogP contribution in [0.15, 0.2) is 22.1 Å². The Kier molecular flexibility index (Phi) is 5.47. The maximum Gasteiger partial charge on any atom is 0.305 e. The van der Waals surface area contributed by atoms with Gasteiger partial charge in [-0.3, -0.25) is 19.7 Å². The first kappa shape index (κ1) is 16.7. The molecule has 23 heavy (non-hydrogen) atoms. The fourth-order valence-electron chi connectivity index (χ4n) is 1.77. The predicted octanol–water partition coefficient (Wildman–Crippen LogP) is 1.43. The van der Waals surface area contributed by atoms with E-state index in [1.54, 1.807) is 18.4 Å². The number of carbonyl (C=O) groups is 3. The summed E-state index contributed by atoms with van der Waals surface area (Å²) in [4.78, 5) is 38.1. The Morgan fingerprint density at radius 3 is 2.83 bits per heavy atom. The molecule has 2 aromatic rings. The highest BCUT2D eigenvalue weighted by atomic mass is 32.1. The average molecular weight is 337 g/mol. The van der Waals surface area contributed by atoms with Crippen LogP contribution in [0.4, 0.5) is 5.13 Å². The molecular weight excluding hydrogens is 322 g/mol. The monoisotopic (exact) mass is 337 g/mol. The number of aromatic nitrogens is 1. The van der Waals surface area contributed by atoms with Crippen LogP contribution in [0.2, 0.25) is 0 Å². The number of furan rings is 1. The Bertz CT molecular complexity index is 722. The summed E-state index contributed by atoms with van der Waals surface area (Å²) in [5.74, 6) is -1.11. The van der Waals surface area contributed by atoms with Crippen LogP contribution in [0.5, 0.6) is 0 Å². The van der Waals surface area contributed by atoms with Crippen LogP contribution >= 0.6 is 11.3 Å². The number of thiazole rings is 1. The van der Waals surface area contributed by atoms with Crippen molar-refractivity contribution in [3.63, 3.8) is 0 Å². The molecule has 0 saturated heterocycles. The SMILES string of the molecule is Cc1occc1C(=O)Nc1nc(CC(=O)NCCC(=O)O)cs1. The first-order chi connectivity index (χ1) is 11.0. The zero-order chi connectivity index (χ0) is 16.8. The van der Waals surface area contributed by atoms with Crippen molar-refractivity contribution in [3.8, 4) is 0 Å². The Morgan fingerprint density at radius 1 is 1.39 bits per heavy atom. The fraction of sp³-hybridized carbons (Fsp3) is 0.286. The predicted molar refractivity (Wildman–Crippen MR) is 82.5 cm³/mol. The van der Waals surface area contributed by atoms with Gasteiger partial charge < -0.3 is 14.8 Å². The number of aryl methyl sites for hydroxylation is 1. The molecule has 2 amide bonds.